The van der Waals surface area contributed by atoms with Crippen LogP contribution in [0, 0.1) is 5.92 Å². The van der Waals surface area contributed by atoms with Crippen molar-refractivity contribution in [1.29, 1.82) is 0 Å². The van der Waals surface area contributed by atoms with Gasteiger partial charge in [0.05, 0.1) is 23.3 Å². The molecule has 1 amide bonds. The number of ether oxygens (including phenoxy) is 1. The third-order valence-electron chi connectivity index (χ3n) is 5.74. The molecular formula is C23H32F3N3O3. The number of nitrogens with zero attached hydrogens (tertiary/aromatic N) is 2. The van der Waals surface area contributed by atoms with Crippen LogP contribution < -0.4 is 10.9 Å². The highest BCUT2D eigenvalue weighted by atomic mass is 19.4. The Morgan fingerprint density at radius 3 is 2.38 bits per heavy atom. The third-order valence-corrected chi connectivity index (χ3v) is 5.74. The quantitative estimate of drug-likeness (QED) is 0.635. The van der Waals surface area contributed by atoms with Crippen molar-refractivity contribution in [3.8, 4) is 0 Å². The molecule has 32 heavy (non-hydrogen) atoms. The number of amides is 1. The first-order valence-electron chi connectivity index (χ1n) is 10.8. The van der Waals surface area contributed by atoms with Gasteiger partial charge in [0.15, 0.2) is 0 Å². The lowest BCUT2D eigenvalue weighted by Gasteiger charge is -2.28. The molecule has 1 aliphatic rings. The molecule has 2 rings (SSSR count). The Kier molecular flexibility index (Phi) is 8.83. The van der Waals surface area contributed by atoms with Crippen LogP contribution in [0.25, 0.3) is 12.2 Å². The lowest BCUT2D eigenvalue weighted by Crippen LogP contribution is -2.42. The average Bonchev–Trinajstić information content (AvgIpc) is 2.73. The molecular weight excluding hydrogens is 423 g/mol. The van der Waals surface area contributed by atoms with Crippen LogP contribution in [0.15, 0.2) is 17.4 Å². The van der Waals surface area contributed by atoms with Crippen molar-refractivity contribution in [2.75, 3.05) is 7.11 Å². The number of hydrogen-bond acceptors (Lipinski definition) is 4. The molecule has 1 atom stereocenters. The van der Waals surface area contributed by atoms with Gasteiger partial charge in [-0.25, -0.2) is 4.68 Å². The molecule has 1 saturated carbocycles. The summed E-state index contributed by atoms with van der Waals surface area (Å²) in [5.41, 5.74) is 0.286. The first kappa shape index (κ1) is 25.8. The molecule has 1 aromatic rings. The molecule has 1 heterocycles. The predicted molar refractivity (Wildman–Crippen MR) is 118 cm³/mol. The molecule has 0 bridgehead atoms. The van der Waals surface area contributed by atoms with Gasteiger partial charge in [0.2, 0.25) is 5.91 Å². The van der Waals surface area contributed by atoms with Gasteiger partial charge in [-0.2, -0.15) is 18.3 Å². The number of aromatic nitrogens is 2. The normalized spacial score (nSPS) is 20.5. The fourth-order valence-electron chi connectivity index (χ4n) is 3.73. The van der Waals surface area contributed by atoms with E-state index in [1.807, 2.05) is 13.8 Å². The van der Waals surface area contributed by atoms with Crippen molar-refractivity contribution in [1.82, 2.24) is 15.1 Å². The zero-order chi connectivity index (χ0) is 24.1. The molecule has 0 aromatic carbocycles. The van der Waals surface area contributed by atoms with Gasteiger partial charge in [-0.05, 0) is 31.6 Å². The van der Waals surface area contributed by atoms with Crippen LogP contribution >= 0.6 is 0 Å². The maximum absolute atomic E-state index is 13.0. The maximum Gasteiger partial charge on any atom is 0.394 e. The van der Waals surface area contributed by atoms with E-state index in [1.54, 1.807) is 7.11 Å². The number of rotatable bonds is 8. The summed E-state index contributed by atoms with van der Waals surface area (Å²) in [6.07, 6.45) is 2.54. The molecule has 0 aliphatic heterocycles. The second-order valence-corrected chi connectivity index (χ2v) is 8.50. The van der Waals surface area contributed by atoms with Crippen LogP contribution in [0.4, 0.5) is 13.2 Å². The second kappa shape index (κ2) is 10.9. The largest absolute Gasteiger partial charge is 0.394 e. The molecule has 1 unspecified atom stereocenters. The van der Waals surface area contributed by atoms with E-state index in [-0.39, 0.29) is 36.1 Å². The third kappa shape index (κ3) is 6.54. The highest BCUT2D eigenvalue weighted by Gasteiger charge is 2.34. The summed E-state index contributed by atoms with van der Waals surface area (Å²) < 4.78 is 45.2. The summed E-state index contributed by atoms with van der Waals surface area (Å²) in [4.78, 5) is 25.6. The van der Waals surface area contributed by atoms with Crippen molar-refractivity contribution in [2.24, 2.45) is 5.92 Å². The Morgan fingerprint density at radius 2 is 1.88 bits per heavy atom. The number of halogens is 3. The number of allylic oxidation sites excluding steroid dienone is 1. The number of alkyl halides is 3. The van der Waals surface area contributed by atoms with E-state index in [2.05, 4.69) is 17.0 Å². The van der Waals surface area contributed by atoms with Gasteiger partial charge < -0.3 is 10.1 Å². The van der Waals surface area contributed by atoms with E-state index in [4.69, 9.17) is 4.74 Å². The van der Waals surface area contributed by atoms with E-state index in [0.717, 1.165) is 49.4 Å². The monoisotopic (exact) mass is 455 g/mol. The van der Waals surface area contributed by atoms with Crippen LogP contribution in [-0.4, -0.2) is 41.1 Å². The number of carbonyl (C=O) groups is 1. The zero-order valence-electron chi connectivity index (χ0n) is 19.0. The van der Waals surface area contributed by atoms with E-state index in [0.29, 0.717) is 11.3 Å². The van der Waals surface area contributed by atoms with E-state index < -0.39 is 17.7 Å². The summed E-state index contributed by atoms with van der Waals surface area (Å²) in [5, 5.41) is 7.26. The first-order chi connectivity index (χ1) is 15.0. The maximum atomic E-state index is 13.0. The van der Waals surface area contributed by atoms with Crippen LogP contribution in [0.1, 0.15) is 69.2 Å². The van der Waals surface area contributed by atoms with Gasteiger partial charge in [0.1, 0.15) is 6.54 Å². The van der Waals surface area contributed by atoms with Gasteiger partial charge in [-0.3, -0.25) is 9.59 Å². The molecule has 178 valence electrons. The lowest BCUT2D eigenvalue weighted by atomic mass is 9.93. The zero-order valence-corrected chi connectivity index (χ0v) is 19.0. The number of nitrogens with one attached hydrogen (secondary N) is 1. The van der Waals surface area contributed by atoms with Crippen LogP contribution in [0.5, 0.6) is 0 Å². The van der Waals surface area contributed by atoms with Gasteiger partial charge >= 0.3 is 6.18 Å². The summed E-state index contributed by atoms with van der Waals surface area (Å²) in [6.45, 7) is 8.11. The molecule has 1 aliphatic carbocycles. The van der Waals surface area contributed by atoms with E-state index in [9.17, 15) is 22.8 Å². The summed E-state index contributed by atoms with van der Waals surface area (Å²) in [5.74, 6) is -2.22. The number of hydrogen-bond donors (Lipinski definition) is 1. The summed E-state index contributed by atoms with van der Waals surface area (Å²) in [6, 6.07) is -0.00591. The standard InChI is InChI=1S/C23H32F3N3O3/c1-6-18-19(12-7-15(4)23(24,25)26)22(31)29(28-21(18)14(2)3)13-20(30)27-16-8-10-17(32-5)11-9-16/h6-7,12,14-17H,1,8-11,13H2,2-5H3,(H,27,30)/b12-7-/t15?,16-,17+. The van der Waals surface area contributed by atoms with Crippen LogP contribution in [-0.2, 0) is 16.1 Å². The van der Waals surface area contributed by atoms with Crippen molar-refractivity contribution in [3.05, 3.63) is 39.8 Å². The van der Waals surface area contributed by atoms with Crippen molar-refractivity contribution in [2.45, 2.75) is 77.2 Å². The Bertz CT molecular complexity index is 898. The van der Waals surface area contributed by atoms with Crippen LogP contribution in [0.3, 0.4) is 0 Å². The molecule has 9 heteroatoms. The molecule has 0 spiro atoms. The summed E-state index contributed by atoms with van der Waals surface area (Å²) in [7, 11) is 1.67. The number of carbonyl (C=O) groups excluding carboxylic acids is 1. The molecule has 1 N–H and O–H groups in total. The Morgan fingerprint density at radius 1 is 1.25 bits per heavy atom. The van der Waals surface area contributed by atoms with Gasteiger partial charge in [-0.1, -0.05) is 45.6 Å². The van der Waals surface area contributed by atoms with Gasteiger partial charge in [0.25, 0.3) is 5.56 Å². The minimum Gasteiger partial charge on any atom is -0.381 e. The molecule has 1 fully saturated rings. The fraction of sp³-hybridized carbons (Fsp3) is 0.609. The average molecular weight is 456 g/mol. The Hall–Kier alpha value is -2.42. The van der Waals surface area contributed by atoms with Crippen molar-refractivity contribution in [3.63, 3.8) is 0 Å². The Balaban J connectivity index is 2.31. The smallest absolute Gasteiger partial charge is 0.381 e. The molecule has 1 aromatic heterocycles. The molecule has 0 saturated heterocycles. The number of methoxy groups -OCH3 is 1. The van der Waals surface area contributed by atoms with Crippen molar-refractivity contribution >= 4 is 18.1 Å². The van der Waals surface area contributed by atoms with Gasteiger partial charge in [-0.15, -0.1) is 0 Å². The van der Waals surface area contributed by atoms with E-state index >= 15 is 0 Å². The lowest BCUT2D eigenvalue weighted by molar-refractivity contribution is -0.156. The predicted octanol–water partition coefficient (Wildman–Crippen LogP) is 4.30. The van der Waals surface area contributed by atoms with Gasteiger partial charge in [0, 0.05) is 18.7 Å². The SMILES string of the molecule is C=Cc1c(C(C)C)nn(CC(=O)N[C@H]2CC[C@@H](OC)CC2)c(=O)c1/C=C\C(C)C(F)(F)F. The molecule has 0 radical (unpaired) electrons. The minimum absolute atomic E-state index is 0.00591. The van der Waals surface area contributed by atoms with Crippen LogP contribution in [0.2, 0.25) is 0 Å². The first-order valence-corrected chi connectivity index (χ1v) is 10.8. The van der Waals surface area contributed by atoms with Crippen molar-refractivity contribution < 1.29 is 22.7 Å². The molecule has 6 nitrogen and oxygen atoms in total. The van der Waals surface area contributed by atoms with E-state index in [1.165, 1.54) is 6.08 Å². The summed E-state index contributed by atoms with van der Waals surface area (Å²) >= 11 is 0. The second-order valence-electron chi connectivity index (χ2n) is 8.50. The fourth-order valence-corrected chi connectivity index (χ4v) is 3.73. The topological polar surface area (TPSA) is 73.2 Å². The highest BCUT2D eigenvalue weighted by Crippen LogP contribution is 2.28. The Labute approximate surface area is 186 Å². The minimum atomic E-state index is -4.42. The highest BCUT2D eigenvalue weighted by molar-refractivity contribution is 5.76.